The van der Waals surface area contributed by atoms with E-state index in [1.807, 2.05) is 12.1 Å². The molecule has 100 valence electrons. The second kappa shape index (κ2) is 6.49. The molecule has 0 aliphatic heterocycles. The van der Waals surface area contributed by atoms with E-state index >= 15 is 0 Å². The van der Waals surface area contributed by atoms with Crippen molar-refractivity contribution in [2.45, 2.75) is 45.1 Å². The van der Waals surface area contributed by atoms with Crippen molar-refractivity contribution in [1.29, 1.82) is 0 Å². The minimum absolute atomic E-state index is 0.500. The van der Waals surface area contributed by atoms with Gasteiger partial charge < -0.3 is 5.32 Å². The van der Waals surface area contributed by atoms with E-state index in [2.05, 4.69) is 28.2 Å². The molecule has 0 saturated heterocycles. The third-order valence-corrected chi connectivity index (χ3v) is 4.77. The normalized spacial score (nSPS) is 24.0. The zero-order chi connectivity index (χ0) is 13.1. The summed E-state index contributed by atoms with van der Waals surface area (Å²) in [5, 5.41) is 4.90. The summed E-state index contributed by atoms with van der Waals surface area (Å²) in [6.45, 7) is 2.27. The van der Waals surface area contributed by atoms with Crippen molar-refractivity contribution in [2.75, 3.05) is 5.32 Å². The number of benzene rings is 1. The summed E-state index contributed by atoms with van der Waals surface area (Å²) in [6, 6.07) is 4.27. The first-order chi connectivity index (χ1) is 8.60. The van der Waals surface area contributed by atoms with Crippen LogP contribution < -0.4 is 5.32 Å². The number of rotatable bonds is 3. The molecule has 0 bridgehead atoms. The lowest BCUT2D eigenvalue weighted by Gasteiger charge is -2.30. The molecule has 1 fully saturated rings. The number of nitrogens with one attached hydrogen (secondary N) is 1. The summed E-state index contributed by atoms with van der Waals surface area (Å²) in [4.78, 5) is 0. The Bertz CT molecular complexity index is 399. The highest BCUT2D eigenvalue weighted by Crippen LogP contribution is 2.36. The lowest BCUT2D eigenvalue weighted by Crippen LogP contribution is -2.27. The monoisotopic (exact) mass is 349 g/mol. The lowest BCUT2D eigenvalue weighted by molar-refractivity contribution is 0.327. The topological polar surface area (TPSA) is 12.0 Å². The van der Waals surface area contributed by atoms with Crippen molar-refractivity contribution >= 4 is 44.8 Å². The van der Waals surface area contributed by atoms with Crippen LogP contribution in [-0.2, 0) is 0 Å². The second-order valence-corrected chi connectivity index (χ2v) is 6.76. The van der Waals surface area contributed by atoms with Crippen molar-refractivity contribution in [2.24, 2.45) is 5.92 Å². The number of hydrogen-bond donors (Lipinski definition) is 1. The van der Waals surface area contributed by atoms with E-state index in [9.17, 15) is 0 Å². The van der Waals surface area contributed by atoms with E-state index in [0.29, 0.717) is 16.1 Å². The van der Waals surface area contributed by atoms with Crippen LogP contribution in [0.2, 0.25) is 10.0 Å². The standard InChI is InChI=1S/C14H18BrCl2N/c1-2-9-4-3-5-11(6-9)18-14-12(16)7-10(15)8-13(14)17/h7-9,11,18H,2-6H2,1H3. The third kappa shape index (κ3) is 3.55. The van der Waals surface area contributed by atoms with Crippen LogP contribution in [0.4, 0.5) is 5.69 Å². The minimum Gasteiger partial charge on any atom is -0.380 e. The molecule has 2 unspecified atom stereocenters. The van der Waals surface area contributed by atoms with Crippen LogP contribution in [-0.4, -0.2) is 6.04 Å². The maximum absolute atomic E-state index is 6.25. The summed E-state index contributed by atoms with van der Waals surface area (Å²) in [5.41, 5.74) is 0.878. The highest BCUT2D eigenvalue weighted by Gasteiger charge is 2.22. The highest BCUT2D eigenvalue weighted by molar-refractivity contribution is 9.10. The van der Waals surface area contributed by atoms with Gasteiger partial charge in [0.2, 0.25) is 0 Å². The predicted octanol–water partition coefficient (Wildman–Crippen LogP) is 6.14. The van der Waals surface area contributed by atoms with Gasteiger partial charge in [0.15, 0.2) is 0 Å². The second-order valence-electron chi connectivity index (χ2n) is 5.03. The van der Waals surface area contributed by atoms with Crippen LogP contribution in [0.1, 0.15) is 39.0 Å². The Hall–Kier alpha value is 0.0800. The Kier molecular flexibility index (Phi) is 5.23. The van der Waals surface area contributed by atoms with Crippen molar-refractivity contribution < 1.29 is 0 Å². The maximum Gasteiger partial charge on any atom is 0.0721 e. The Morgan fingerprint density at radius 2 is 1.94 bits per heavy atom. The largest absolute Gasteiger partial charge is 0.380 e. The van der Waals surface area contributed by atoms with E-state index in [4.69, 9.17) is 23.2 Å². The molecular formula is C14H18BrCl2N. The van der Waals surface area contributed by atoms with E-state index in [1.54, 1.807) is 0 Å². The first-order valence-electron chi connectivity index (χ1n) is 6.51. The van der Waals surface area contributed by atoms with Gasteiger partial charge in [0, 0.05) is 10.5 Å². The first-order valence-corrected chi connectivity index (χ1v) is 8.06. The summed E-state index contributed by atoms with van der Waals surface area (Å²) in [7, 11) is 0. The fraction of sp³-hybridized carbons (Fsp3) is 0.571. The van der Waals surface area contributed by atoms with Gasteiger partial charge in [-0.15, -0.1) is 0 Å². The molecule has 1 aromatic rings. The van der Waals surface area contributed by atoms with Gasteiger partial charge in [-0.25, -0.2) is 0 Å². The molecule has 0 spiro atoms. The maximum atomic E-state index is 6.25. The van der Waals surface area contributed by atoms with Crippen LogP contribution in [0.15, 0.2) is 16.6 Å². The fourth-order valence-corrected chi connectivity index (χ4v) is 3.99. The Labute approximate surface area is 127 Å². The smallest absolute Gasteiger partial charge is 0.0721 e. The molecule has 4 heteroatoms. The van der Waals surface area contributed by atoms with Crippen molar-refractivity contribution in [3.05, 3.63) is 26.7 Å². The molecule has 2 atom stereocenters. The molecule has 2 rings (SSSR count). The quantitative estimate of drug-likeness (QED) is 0.690. The molecular weight excluding hydrogens is 333 g/mol. The molecule has 0 radical (unpaired) electrons. The van der Waals surface area contributed by atoms with E-state index in [1.165, 1.54) is 32.1 Å². The van der Waals surface area contributed by atoms with Crippen molar-refractivity contribution in [3.8, 4) is 0 Å². The zero-order valence-electron chi connectivity index (χ0n) is 10.5. The molecule has 1 nitrogen and oxygen atoms in total. The average molecular weight is 351 g/mol. The highest BCUT2D eigenvalue weighted by atomic mass is 79.9. The number of halogens is 3. The average Bonchev–Trinajstić information content (AvgIpc) is 2.34. The molecule has 0 heterocycles. The molecule has 0 amide bonds. The van der Waals surface area contributed by atoms with Crippen LogP contribution in [0.3, 0.4) is 0 Å². The van der Waals surface area contributed by atoms with Gasteiger partial charge in [0.1, 0.15) is 0 Å². The Morgan fingerprint density at radius 3 is 2.56 bits per heavy atom. The van der Waals surface area contributed by atoms with Crippen molar-refractivity contribution in [1.82, 2.24) is 0 Å². The van der Waals surface area contributed by atoms with Gasteiger partial charge in [-0.3, -0.25) is 0 Å². The zero-order valence-corrected chi connectivity index (χ0v) is 13.6. The summed E-state index contributed by atoms with van der Waals surface area (Å²) < 4.78 is 0.915. The fourth-order valence-electron chi connectivity index (χ4n) is 2.68. The van der Waals surface area contributed by atoms with Crippen LogP contribution in [0.5, 0.6) is 0 Å². The molecule has 1 saturated carbocycles. The third-order valence-electron chi connectivity index (χ3n) is 3.72. The van der Waals surface area contributed by atoms with Gasteiger partial charge in [-0.1, -0.05) is 65.3 Å². The lowest BCUT2D eigenvalue weighted by atomic mass is 9.84. The van der Waals surface area contributed by atoms with Crippen LogP contribution in [0.25, 0.3) is 0 Å². The Morgan fingerprint density at radius 1 is 1.28 bits per heavy atom. The van der Waals surface area contributed by atoms with Crippen LogP contribution in [0, 0.1) is 5.92 Å². The molecule has 18 heavy (non-hydrogen) atoms. The predicted molar refractivity (Wildman–Crippen MR) is 83.8 cm³/mol. The Balaban J connectivity index is 2.09. The molecule has 0 aromatic heterocycles. The molecule has 1 aliphatic carbocycles. The van der Waals surface area contributed by atoms with Crippen LogP contribution >= 0.6 is 39.1 Å². The van der Waals surface area contributed by atoms with E-state index < -0.39 is 0 Å². The number of hydrogen-bond acceptors (Lipinski definition) is 1. The SMILES string of the molecule is CCC1CCCC(Nc2c(Cl)cc(Br)cc2Cl)C1. The van der Waals surface area contributed by atoms with E-state index in [-0.39, 0.29) is 0 Å². The summed E-state index contributed by atoms with van der Waals surface area (Å²) in [6.07, 6.45) is 6.34. The molecule has 1 aliphatic rings. The summed E-state index contributed by atoms with van der Waals surface area (Å²) >= 11 is 15.9. The van der Waals surface area contributed by atoms with E-state index in [0.717, 1.165) is 16.1 Å². The summed E-state index contributed by atoms with van der Waals surface area (Å²) in [5.74, 6) is 0.837. The van der Waals surface area contributed by atoms with Gasteiger partial charge in [0.05, 0.1) is 15.7 Å². The van der Waals surface area contributed by atoms with Crippen molar-refractivity contribution in [3.63, 3.8) is 0 Å². The molecule has 1 aromatic carbocycles. The van der Waals surface area contributed by atoms with Gasteiger partial charge >= 0.3 is 0 Å². The minimum atomic E-state index is 0.500. The van der Waals surface area contributed by atoms with Gasteiger partial charge in [0.25, 0.3) is 0 Å². The molecule has 1 N–H and O–H groups in total. The van der Waals surface area contributed by atoms with Gasteiger partial charge in [-0.05, 0) is 30.9 Å². The number of anilines is 1. The first kappa shape index (κ1) is 14.5. The van der Waals surface area contributed by atoms with Gasteiger partial charge in [-0.2, -0.15) is 0 Å².